The fraction of sp³-hybridized carbons (Fsp3) is 0.125. The molecule has 1 aliphatic rings. The van der Waals surface area contributed by atoms with E-state index < -0.39 is 5.82 Å². The molecule has 2 rings (SSSR count). The highest BCUT2D eigenvalue weighted by molar-refractivity contribution is 8.00. The number of nitrogens with two attached hydrogens (primary N) is 1. The van der Waals surface area contributed by atoms with Crippen LogP contribution < -0.4 is 11.1 Å². The SMILES string of the molecule is Nc1cc2c(cc1F)SCC(=O)N2. The highest BCUT2D eigenvalue weighted by Crippen LogP contribution is 2.33. The van der Waals surface area contributed by atoms with Gasteiger partial charge in [0.15, 0.2) is 0 Å². The van der Waals surface area contributed by atoms with E-state index in [0.29, 0.717) is 11.4 Å². The topological polar surface area (TPSA) is 55.1 Å². The highest BCUT2D eigenvalue weighted by Gasteiger charge is 2.16. The van der Waals surface area contributed by atoms with Crippen molar-refractivity contribution in [1.29, 1.82) is 0 Å². The number of halogens is 1. The summed E-state index contributed by atoms with van der Waals surface area (Å²) in [6, 6.07) is 2.78. The van der Waals surface area contributed by atoms with Crippen molar-refractivity contribution >= 4 is 29.0 Å². The van der Waals surface area contributed by atoms with Crippen molar-refractivity contribution in [2.24, 2.45) is 0 Å². The van der Waals surface area contributed by atoms with Gasteiger partial charge in [0.05, 0.1) is 17.1 Å². The minimum absolute atomic E-state index is 0.0570. The van der Waals surface area contributed by atoms with Crippen molar-refractivity contribution < 1.29 is 9.18 Å². The molecule has 1 aromatic rings. The van der Waals surface area contributed by atoms with Crippen LogP contribution in [0.15, 0.2) is 17.0 Å². The van der Waals surface area contributed by atoms with Gasteiger partial charge in [0.1, 0.15) is 5.82 Å². The molecule has 13 heavy (non-hydrogen) atoms. The molecule has 0 spiro atoms. The number of thioether (sulfide) groups is 1. The molecule has 0 saturated heterocycles. The molecule has 3 N–H and O–H groups in total. The smallest absolute Gasteiger partial charge is 0.234 e. The van der Waals surface area contributed by atoms with Crippen LogP contribution in [0.25, 0.3) is 0 Å². The number of hydrogen-bond acceptors (Lipinski definition) is 3. The van der Waals surface area contributed by atoms with Crippen molar-refractivity contribution in [1.82, 2.24) is 0 Å². The van der Waals surface area contributed by atoms with Gasteiger partial charge in [-0.2, -0.15) is 0 Å². The third-order valence-corrected chi connectivity index (χ3v) is 2.79. The zero-order valence-corrected chi connectivity index (χ0v) is 7.45. The molecule has 1 heterocycles. The Morgan fingerprint density at radius 3 is 3.08 bits per heavy atom. The summed E-state index contributed by atoms with van der Waals surface area (Å²) in [7, 11) is 0. The molecule has 0 aromatic heterocycles. The van der Waals surface area contributed by atoms with E-state index >= 15 is 0 Å². The maximum absolute atomic E-state index is 13.0. The van der Waals surface area contributed by atoms with Crippen LogP contribution in [0.2, 0.25) is 0 Å². The van der Waals surface area contributed by atoms with Gasteiger partial charge in [-0.1, -0.05) is 0 Å². The second kappa shape index (κ2) is 2.92. The van der Waals surface area contributed by atoms with E-state index in [1.807, 2.05) is 0 Å². The quantitative estimate of drug-likeness (QED) is 0.620. The molecule has 0 fully saturated rings. The summed E-state index contributed by atoms with van der Waals surface area (Å²) >= 11 is 1.31. The average molecular weight is 198 g/mol. The van der Waals surface area contributed by atoms with E-state index in [2.05, 4.69) is 5.32 Å². The van der Waals surface area contributed by atoms with Gasteiger partial charge in [-0.05, 0) is 12.1 Å². The summed E-state index contributed by atoms with van der Waals surface area (Å²) in [5.41, 5.74) is 6.01. The Morgan fingerprint density at radius 2 is 2.31 bits per heavy atom. The van der Waals surface area contributed by atoms with Gasteiger partial charge in [0.2, 0.25) is 5.91 Å². The van der Waals surface area contributed by atoms with Crippen LogP contribution in [0.1, 0.15) is 0 Å². The predicted octanol–water partition coefficient (Wildman–Crippen LogP) is 1.45. The fourth-order valence-electron chi connectivity index (χ4n) is 1.12. The normalized spacial score (nSPS) is 15.0. The van der Waals surface area contributed by atoms with E-state index in [0.717, 1.165) is 4.90 Å². The zero-order chi connectivity index (χ0) is 9.42. The van der Waals surface area contributed by atoms with Gasteiger partial charge in [-0.3, -0.25) is 4.79 Å². The van der Waals surface area contributed by atoms with Gasteiger partial charge >= 0.3 is 0 Å². The van der Waals surface area contributed by atoms with Crippen molar-refractivity contribution in [3.8, 4) is 0 Å². The Labute approximate surface area is 78.5 Å². The molecule has 0 atom stereocenters. The lowest BCUT2D eigenvalue weighted by Crippen LogP contribution is -2.19. The molecular weight excluding hydrogens is 191 g/mol. The molecule has 1 aromatic carbocycles. The Morgan fingerprint density at radius 1 is 1.54 bits per heavy atom. The van der Waals surface area contributed by atoms with Gasteiger partial charge in [0, 0.05) is 4.90 Å². The molecule has 0 saturated carbocycles. The number of fused-ring (bicyclic) bond motifs is 1. The minimum Gasteiger partial charge on any atom is -0.396 e. The largest absolute Gasteiger partial charge is 0.396 e. The standard InChI is InChI=1S/C8H7FN2OS/c9-4-1-7-6(2-5(4)10)11-8(12)3-13-7/h1-2H,3,10H2,(H,11,12). The predicted molar refractivity (Wildman–Crippen MR) is 50.2 cm³/mol. The second-order valence-corrected chi connectivity index (χ2v) is 3.72. The molecule has 1 amide bonds. The van der Waals surface area contributed by atoms with Crippen molar-refractivity contribution in [2.75, 3.05) is 16.8 Å². The first-order valence-corrected chi connectivity index (χ1v) is 4.67. The van der Waals surface area contributed by atoms with Crippen LogP contribution in [-0.4, -0.2) is 11.7 Å². The Balaban J connectivity index is 2.49. The third-order valence-electron chi connectivity index (χ3n) is 1.73. The molecule has 68 valence electrons. The number of carbonyl (C=O) groups is 1. The first-order valence-electron chi connectivity index (χ1n) is 3.68. The molecule has 0 unspecified atom stereocenters. The number of rotatable bonds is 0. The van der Waals surface area contributed by atoms with Crippen LogP contribution in [0, 0.1) is 5.82 Å². The lowest BCUT2D eigenvalue weighted by atomic mass is 10.2. The zero-order valence-electron chi connectivity index (χ0n) is 6.63. The van der Waals surface area contributed by atoms with E-state index in [1.54, 1.807) is 0 Å². The summed E-state index contributed by atoms with van der Waals surface area (Å²) < 4.78 is 13.0. The number of anilines is 2. The molecule has 0 bridgehead atoms. The first-order chi connectivity index (χ1) is 6.16. The maximum atomic E-state index is 13.0. The lowest BCUT2D eigenvalue weighted by Gasteiger charge is -2.16. The van der Waals surface area contributed by atoms with Crippen LogP contribution in [0.4, 0.5) is 15.8 Å². The minimum atomic E-state index is -0.442. The third kappa shape index (κ3) is 1.47. The Bertz CT molecular complexity index is 381. The van der Waals surface area contributed by atoms with Crippen LogP contribution in [0.3, 0.4) is 0 Å². The van der Waals surface area contributed by atoms with E-state index in [9.17, 15) is 9.18 Å². The summed E-state index contributed by atoms with van der Waals surface area (Å²) in [4.78, 5) is 11.7. The Kier molecular flexibility index (Phi) is 1.88. The van der Waals surface area contributed by atoms with Crippen LogP contribution in [0.5, 0.6) is 0 Å². The summed E-state index contributed by atoms with van der Waals surface area (Å²) in [5, 5.41) is 2.62. The number of amides is 1. The Hall–Kier alpha value is -1.23. The number of nitrogen functional groups attached to an aromatic ring is 1. The summed E-state index contributed by atoms with van der Waals surface area (Å²) in [6.07, 6.45) is 0. The van der Waals surface area contributed by atoms with Crippen molar-refractivity contribution in [3.05, 3.63) is 17.9 Å². The van der Waals surface area contributed by atoms with Gasteiger partial charge in [-0.15, -0.1) is 11.8 Å². The molecular formula is C8H7FN2OS. The molecule has 0 aliphatic carbocycles. The van der Waals surface area contributed by atoms with Crippen LogP contribution in [-0.2, 0) is 4.79 Å². The van der Waals surface area contributed by atoms with Gasteiger partial charge in [0.25, 0.3) is 0 Å². The first kappa shape index (κ1) is 8.37. The molecule has 5 heteroatoms. The monoisotopic (exact) mass is 198 g/mol. The molecule has 0 radical (unpaired) electrons. The van der Waals surface area contributed by atoms with E-state index in [1.165, 1.54) is 23.9 Å². The van der Waals surface area contributed by atoms with Crippen molar-refractivity contribution in [3.63, 3.8) is 0 Å². The van der Waals surface area contributed by atoms with Gasteiger partial charge in [-0.25, -0.2) is 4.39 Å². The van der Waals surface area contributed by atoms with Crippen LogP contribution >= 0.6 is 11.8 Å². The fourth-order valence-corrected chi connectivity index (χ4v) is 1.93. The summed E-state index contributed by atoms with van der Waals surface area (Å²) in [6.45, 7) is 0. The highest BCUT2D eigenvalue weighted by atomic mass is 32.2. The average Bonchev–Trinajstić information content (AvgIpc) is 2.08. The lowest BCUT2D eigenvalue weighted by molar-refractivity contribution is -0.113. The second-order valence-electron chi connectivity index (χ2n) is 2.71. The number of benzene rings is 1. The van der Waals surface area contributed by atoms with E-state index in [-0.39, 0.29) is 11.6 Å². The number of hydrogen-bond donors (Lipinski definition) is 2. The molecule has 1 aliphatic heterocycles. The van der Waals surface area contributed by atoms with E-state index in [4.69, 9.17) is 5.73 Å². The van der Waals surface area contributed by atoms with Gasteiger partial charge < -0.3 is 11.1 Å². The molecule has 3 nitrogen and oxygen atoms in total. The van der Waals surface area contributed by atoms with Crippen molar-refractivity contribution in [2.45, 2.75) is 4.90 Å². The maximum Gasteiger partial charge on any atom is 0.234 e. The number of nitrogens with one attached hydrogen (secondary N) is 1. The summed E-state index contributed by atoms with van der Waals surface area (Å²) in [5.74, 6) is -0.193. The number of carbonyl (C=O) groups excluding carboxylic acids is 1.